The van der Waals surface area contributed by atoms with Crippen molar-refractivity contribution in [1.82, 2.24) is 10.6 Å². The maximum absolute atomic E-state index is 5.38. The van der Waals surface area contributed by atoms with Gasteiger partial charge >= 0.3 is 0 Å². The predicted octanol–water partition coefficient (Wildman–Crippen LogP) is 4.73. The van der Waals surface area contributed by atoms with Crippen LogP contribution < -0.4 is 10.6 Å². The highest BCUT2D eigenvalue weighted by Gasteiger charge is 2.14. The van der Waals surface area contributed by atoms with E-state index in [9.17, 15) is 0 Å². The van der Waals surface area contributed by atoms with Gasteiger partial charge < -0.3 is 15.4 Å². The Morgan fingerprint density at radius 3 is 2.21 bits per heavy atom. The fourth-order valence-corrected chi connectivity index (χ4v) is 3.43. The number of benzene rings is 2. The molecule has 4 nitrogen and oxygen atoms in total. The summed E-state index contributed by atoms with van der Waals surface area (Å²) in [6, 6.07) is 21.3. The van der Waals surface area contributed by atoms with Gasteiger partial charge in [0, 0.05) is 19.0 Å². The van der Waals surface area contributed by atoms with Gasteiger partial charge in [-0.3, -0.25) is 4.99 Å². The molecule has 5 heteroatoms. The van der Waals surface area contributed by atoms with Crippen LogP contribution in [0.4, 0.5) is 0 Å². The first-order chi connectivity index (χ1) is 13.9. The molecule has 0 bridgehead atoms. The second kappa shape index (κ2) is 13.4. The third-order valence-corrected chi connectivity index (χ3v) is 4.98. The minimum Gasteiger partial charge on any atom is -0.377 e. The maximum atomic E-state index is 5.38. The Hall–Kier alpha value is -1.86. The summed E-state index contributed by atoms with van der Waals surface area (Å²) in [5, 5.41) is 6.86. The van der Waals surface area contributed by atoms with Gasteiger partial charge in [-0.2, -0.15) is 0 Å². The fraction of sp³-hybridized carbons (Fsp3) is 0.375. The number of nitrogens with zero attached hydrogens (tertiary/aromatic N) is 1. The minimum atomic E-state index is 0. The third kappa shape index (κ3) is 7.82. The number of hydrogen-bond acceptors (Lipinski definition) is 2. The van der Waals surface area contributed by atoms with Crippen LogP contribution in [0.25, 0.3) is 0 Å². The van der Waals surface area contributed by atoms with Crippen molar-refractivity contribution in [3.63, 3.8) is 0 Å². The molecule has 1 heterocycles. The van der Waals surface area contributed by atoms with E-state index in [4.69, 9.17) is 9.73 Å². The zero-order chi connectivity index (χ0) is 19.4. The van der Waals surface area contributed by atoms with Gasteiger partial charge in [0.2, 0.25) is 0 Å². The van der Waals surface area contributed by atoms with E-state index in [1.165, 1.54) is 16.7 Å². The van der Waals surface area contributed by atoms with Crippen molar-refractivity contribution in [2.75, 3.05) is 32.8 Å². The van der Waals surface area contributed by atoms with E-state index >= 15 is 0 Å². The van der Waals surface area contributed by atoms with Gasteiger partial charge in [-0.1, -0.05) is 72.3 Å². The molecular formula is C24H32IN3O. The molecule has 2 aromatic carbocycles. The molecule has 1 aliphatic rings. The fourth-order valence-electron chi connectivity index (χ4n) is 3.43. The van der Waals surface area contributed by atoms with Gasteiger partial charge in [0.1, 0.15) is 0 Å². The van der Waals surface area contributed by atoms with E-state index in [-0.39, 0.29) is 29.9 Å². The highest BCUT2D eigenvalue weighted by molar-refractivity contribution is 14.0. The molecule has 0 aliphatic carbocycles. The lowest BCUT2D eigenvalue weighted by molar-refractivity contribution is 0.153. The zero-order valence-corrected chi connectivity index (χ0v) is 19.5. The Bertz CT molecular complexity index is 723. The first-order valence-corrected chi connectivity index (χ1v) is 10.2. The molecule has 3 rings (SSSR count). The van der Waals surface area contributed by atoms with Crippen LogP contribution in [0.1, 0.15) is 36.8 Å². The highest BCUT2D eigenvalue weighted by atomic mass is 127. The number of aliphatic imine (C=N–C) groups is 1. The quantitative estimate of drug-likeness (QED) is 0.236. The molecular weight excluding hydrogens is 473 g/mol. The summed E-state index contributed by atoms with van der Waals surface area (Å²) in [4.78, 5) is 4.90. The summed E-state index contributed by atoms with van der Waals surface area (Å²) in [6.07, 6.45) is 4.28. The predicted molar refractivity (Wildman–Crippen MR) is 132 cm³/mol. The lowest BCUT2D eigenvalue weighted by Gasteiger charge is -2.18. The molecule has 0 aromatic heterocycles. The van der Waals surface area contributed by atoms with Crippen LogP contribution in [0.5, 0.6) is 0 Å². The highest BCUT2D eigenvalue weighted by Crippen LogP contribution is 2.24. The molecule has 0 saturated heterocycles. The van der Waals surface area contributed by atoms with Crippen molar-refractivity contribution in [3.8, 4) is 0 Å². The topological polar surface area (TPSA) is 45.7 Å². The van der Waals surface area contributed by atoms with Crippen LogP contribution in [0.3, 0.4) is 0 Å². The summed E-state index contributed by atoms with van der Waals surface area (Å²) in [5.41, 5.74) is 4.06. The molecule has 0 amide bonds. The van der Waals surface area contributed by atoms with Crippen LogP contribution in [0, 0.1) is 0 Å². The Kier molecular flexibility index (Phi) is 10.8. The Morgan fingerprint density at radius 2 is 1.66 bits per heavy atom. The van der Waals surface area contributed by atoms with Crippen molar-refractivity contribution in [1.29, 1.82) is 0 Å². The molecule has 156 valence electrons. The van der Waals surface area contributed by atoms with Crippen molar-refractivity contribution in [2.45, 2.75) is 25.7 Å². The van der Waals surface area contributed by atoms with Gasteiger partial charge in [0.15, 0.2) is 5.96 Å². The van der Waals surface area contributed by atoms with Crippen LogP contribution in [0.15, 0.2) is 77.3 Å². The number of rotatable bonds is 8. The van der Waals surface area contributed by atoms with Crippen molar-refractivity contribution < 1.29 is 4.74 Å². The van der Waals surface area contributed by atoms with Gasteiger partial charge in [0.25, 0.3) is 0 Å². The number of nitrogens with one attached hydrogen (secondary N) is 2. The SMILES string of the molecule is CCNC(=NCC(c1ccccc1)c1ccccc1)NCCC1=CCOCC1.I. The molecule has 0 saturated carbocycles. The molecule has 1 aliphatic heterocycles. The van der Waals surface area contributed by atoms with E-state index in [2.05, 4.69) is 84.3 Å². The average molecular weight is 505 g/mol. The summed E-state index contributed by atoms with van der Waals surface area (Å²) >= 11 is 0. The summed E-state index contributed by atoms with van der Waals surface area (Å²) < 4.78 is 5.38. The number of ether oxygens (including phenoxy) is 1. The number of hydrogen-bond donors (Lipinski definition) is 2. The molecule has 0 atom stereocenters. The normalized spacial score (nSPS) is 14.1. The van der Waals surface area contributed by atoms with Crippen molar-refractivity contribution in [2.24, 2.45) is 4.99 Å². The van der Waals surface area contributed by atoms with E-state index in [0.29, 0.717) is 6.54 Å². The van der Waals surface area contributed by atoms with Gasteiger partial charge in [-0.25, -0.2) is 0 Å². The van der Waals surface area contributed by atoms with Gasteiger partial charge in [-0.15, -0.1) is 24.0 Å². The number of halogens is 1. The van der Waals surface area contributed by atoms with E-state index in [1.54, 1.807) is 0 Å². The molecule has 0 spiro atoms. The van der Waals surface area contributed by atoms with Crippen LogP contribution in [-0.4, -0.2) is 38.8 Å². The lowest BCUT2D eigenvalue weighted by Crippen LogP contribution is -2.38. The Morgan fingerprint density at radius 1 is 1.00 bits per heavy atom. The second-order valence-corrected chi connectivity index (χ2v) is 6.96. The van der Waals surface area contributed by atoms with E-state index < -0.39 is 0 Å². The molecule has 2 aromatic rings. The lowest BCUT2D eigenvalue weighted by atomic mass is 9.91. The smallest absolute Gasteiger partial charge is 0.191 e. The maximum Gasteiger partial charge on any atom is 0.191 e. The standard InChI is InChI=1S/C24H31N3O.HI/c1-2-25-24(26-16-13-20-14-17-28-18-15-20)27-19-23(21-9-5-3-6-10-21)22-11-7-4-8-12-22;/h3-12,14,23H,2,13,15-19H2,1H3,(H2,25,26,27);1H. The minimum absolute atomic E-state index is 0. The van der Waals surface area contributed by atoms with Crippen molar-refractivity contribution >= 4 is 29.9 Å². The zero-order valence-electron chi connectivity index (χ0n) is 17.1. The average Bonchev–Trinajstić information content (AvgIpc) is 2.76. The Labute approximate surface area is 191 Å². The van der Waals surface area contributed by atoms with Crippen LogP contribution in [-0.2, 0) is 4.74 Å². The molecule has 2 N–H and O–H groups in total. The van der Waals surface area contributed by atoms with Gasteiger partial charge in [-0.05, 0) is 30.9 Å². The molecule has 0 unspecified atom stereocenters. The second-order valence-electron chi connectivity index (χ2n) is 6.96. The van der Waals surface area contributed by atoms with Crippen molar-refractivity contribution in [3.05, 3.63) is 83.4 Å². The monoisotopic (exact) mass is 505 g/mol. The molecule has 29 heavy (non-hydrogen) atoms. The number of guanidine groups is 1. The summed E-state index contributed by atoms with van der Waals surface area (Å²) in [5.74, 6) is 1.13. The van der Waals surface area contributed by atoms with E-state index in [0.717, 1.165) is 45.1 Å². The summed E-state index contributed by atoms with van der Waals surface area (Å²) in [7, 11) is 0. The largest absolute Gasteiger partial charge is 0.377 e. The van der Waals surface area contributed by atoms with Gasteiger partial charge in [0.05, 0.1) is 19.8 Å². The first kappa shape index (κ1) is 23.4. The Balaban J connectivity index is 0.00000300. The van der Waals surface area contributed by atoms with E-state index in [1.807, 2.05) is 0 Å². The summed E-state index contributed by atoms with van der Waals surface area (Å²) in [6.45, 7) is 6.14. The van der Waals surface area contributed by atoms with Crippen LogP contribution in [0.2, 0.25) is 0 Å². The third-order valence-electron chi connectivity index (χ3n) is 4.98. The van der Waals surface area contributed by atoms with Crippen LogP contribution >= 0.6 is 24.0 Å². The molecule has 0 radical (unpaired) electrons. The first-order valence-electron chi connectivity index (χ1n) is 10.2. The molecule has 0 fully saturated rings.